The Labute approximate surface area is 141 Å². The van der Waals surface area contributed by atoms with Crippen molar-refractivity contribution in [3.05, 3.63) is 0 Å². The van der Waals surface area contributed by atoms with Gasteiger partial charge in [0, 0.05) is 50.7 Å². The lowest BCUT2D eigenvalue weighted by Gasteiger charge is -2.60. The van der Waals surface area contributed by atoms with Crippen LogP contribution < -0.4 is 5.32 Å². The summed E-state index contributed by atoms with van der Waals surface area (Å²) in [6, 6.07) is 0.175. The molecule has 0 radical (unpaired) electrons. The Bertz CT molecular complexity index is 403. The number of carbonyl (C=O) groups is 1. The van der Waals surface area contributed by atoms with Crippen molar-refractivity contribution >= 4 is 5.91 Å². The van der Waals surface area contributed by atoms with Gasteiger partial charge >= 0.3 is 0 Å². The van der Waals surface area contributed by atoms with Crippen LogP contribution >= 0.6 is 0 Å². The zero-order valence-corrected chi connectivity index (χ0v) is 15.8. The summed E-state index contributed by atoms with van der Waals surface area (Å²) in [4.78, 5) is 17.4. The van der Waals surface area contributed by atoms with E-state index < -0.39 is 0 Å². The molecule has 23 heavy (non-hydrogen) atoms. The van der Waals surface area contributed by atoms with Crippen molar-refractivity contribution in [3.63, 3.8) is 0 Å². The SMILES string of the molecule is CCC1(CC)C(NC(=O)C(C)N2CCN(C)CC2)C(C)C1OC. The van der Waals surface area contributed by atoms with Gasteiger partial charge in [0.2, 0.25) is 5.91 Å². The molecule has 5 heteroatoms. The lowest BCUT2D eigenvalue weighted by molar-refractivity contribution is -0.173. The number of nitrogens with zero attached hydrogens (tertiary/aromatic N) is 2. The van der Waals surface area contributed by atoms with Gasteiger partial charge in [-0.1, -0.05) is 20.8 Å². The Morgan fingerprint density at radius 2 is 1.83 bits per heavy atom. The molecule has 2 fully saturated rings. The van der Waals surface area contributed by atoms with Crippen LogP contribution in [0, 0.1) is 11.3 Å². The van der Waals surface area contributed by atoms with Gasteiger partial charge in [-0.2, -0.15) is 0 Å². The third kappa shape index (κ3) is 3.28. The monoisotopic (exact) mass is 325 g/mol. The first-order valence-electron chi connectivity index (χ1n) is 9.17. The molecule has 2 aliphatic rings. The first-order valence-corrected chi connectivity index (χ1v) is 9.17. The van der Waals surface area contributed by atoms with E-state index in [1.54, 1.807) is 7.11 Å². The highest BCUT2D eigenvalue weighted by molar-refractivity contribution is 5.82. The van der Waals surface area contributed by atoms with Crippen LogP contribution in [-0.4, -0.2) is 74.2 Å². The molecular formula is C18H35N3O2. The van der Waals surface area contributed by atoms with Crippen molar-refractivity contribution in [1.29, 1.82) is 0 Å². The van der Waals surface area contributed by atoms with Crippen LogP contribution in [0.25, 0.3) is 0 Å². The van der Waals surface area contributed by atoms with E-state index >= 15 is 0 Å². The maximum atomic E-state index is 12.8. The van der Waals surface area contributed by atoms with Gasteiger partial charge in [0.25, 0.3) is 0 Å². The Morgan fingerprint density at radius 3 is 2.30 bits per heavy atom. The fourth-order valence-corrected chi connectivity index (χ4v) is 4.75. The molecule has 4 unspecified atom stereocenters. The predicted molar refractivity (Wildman–Crippen MR) is 93.4 cm³/mol. The summed E-state index contributed by atoms with van der Waals surface area (Å²) in [6.45, 7) is 12.7. The van der Waals surface area contributed by atoms with Crippen LogP contribution in [-0.2, 0) is 9.53 Å². The van der Waals surface area contributed by atoms with E-state index in [2.05, 4.69) is 42.9 Å². The largest absolute Gasteiger partial charge is 0.380 e. The highest BCUT2D eigenvalue weighted by atomic mass is 16.5. The molecule has 134 valence electrons. The third-order valence-electron chi connectivity index (χ3n) is 6.52. The summed E-state index contributed by atoms with van der Waals surface area (Å²) in [5.74, 6) is 0.552. The van der Waals surface area contributed by atoms with E-state index in [-0.39, 0.29) is 29.5 Å². The summed E-state index contributed by atoms with van der Waals surface area (Å²) in [5.41, 5.74) is 0.0890. The molecule has 1 aliphatic heterocycles. The Morgan fingerprint density at radius 1 is 1.26 bits per heavy atom. The fourth-order valence-electron chi connectivity index (χ4n) is 4.75. The zero-order valence-electron chi connectivity index (χ0n) is 15.8. The van der Waals surface area contributed by atoms with Crippen molar-refractivity contribution in [1.82, 2.24) is 15.1 Å². The standard InChI is InChI=1S/C18H35N3O2/c1-7-18(8-2)15(13(3)16(18)23-6)19-17(22)14(4)21-11-9-20(5)10-12-21/h13-16H,7-12H2,1-6H3,(H,19,22). The molecule has 0 bridgehead atoms. The number of piperazine rings is 1. The third-order valence-corrected chi connectivity index (χ3v) is 6.52. The summed E-state index contributed by atoms with van der Waals surface area (Å²) >= 11 is 0. The van der Waals surface area contributed by atoms with E-state index in [1.165, 1.54) is 0 Å². The molecule has 1 heterocycles. The van der Waals surface area contributed by atoms with Gasteiger partial charge in [0.15, 0.2) is 0 Å². The van der Waals surface area contributed by atoms with Crippen LogP contribution in [0.1, 0.15) is 40.5 Å². The van der Waals surface area contributed by atoms with Gasteiger partial charge in [-0.15, -0.1) is 0 Å². The molecule has 5 nitrogen and oxygen atoms in total. The maximum Gasteiger partial charge on any atom is 0.237 e. The average molecular weight is 325 g/mol. The van der Waals surface area contributed by atoms with Gasteiger partial charge in [-0.3, -0.25) is 9.69 Å². The Balaban J connectivity index is 1.98. The Kier molecular flexibility index (Phi) is 6.09. The van der Waals surface area contributed by atoms with E-state index in [4.69, 9.17) is 4.74 Å². The molecule has 1 amide bonds. The molecule has 1 aliphatic carbocycles. The maximum absolute atomic E-state index is 12.8. The second-order valence-corrected chi connectivity index (χ2v) is 7.46. The molecule has 2 rings (SSSR count). The second kappa shape index (κ2) is 7.49. The molecule has 0 aromatic heterocycles. The van der Waals surface area contributed by atoms with Crippen molar-refractivity contribution in [2.45, 2.75) is 58.7 Å². The van der Waals surface area contributed by atoms with Gasteiger partial charge < -0.3 is 15.0 Å². The zero-order chi connectivity index (χ0) is 17.2. The summed E-state index contributed by atoms with van der Waals surface area (Å²) in [6.07, 6.45) is 2.34. The van der Waals surface area contributed by atoms with Crippen LogP contribution in [0.15, 0.2) is 0 Å². The molecule has 1 saturated carbocycles. The second-order valence-electron chi connectivity index (χ2n) is 7.46. The lowest BCUT2D eigenvalue weighted by Crippen LogP contribution is -2.71. The quantitative estimate of drug-likeness (QED) is 0.805. The van der Waals surface area contributed by atoms with Crippen LogP contribution in [0.4, 0.5) is 0 Å². The summed E-state index contributed by atoms with van der Waals surface area (Å²) in [5, 5.41) is 3.36. The van der Waals surface area contributed by atoms with Gasteiger partial charge in [0.05, 0.1) is 12.1 Å². The van der Waals surface area contributed by atoms with Crippen LogP contribution in [0.3, 0.4) is 0 Å². The number of rotatable bonds is 6. The van der Waals surface area contributed by atoms with E-state index in [0.29, 0.717) is 5.92 Å². The van der Waals surface area contributed by atoms with Gasteiger partial charge in [0.1, 0.15) is 0 Å². The first-order chi connectivity index (χ1) is 10.9. The molecule has 0 aromatic rings. The van der Waals surface area contributed by atoms with Crippen molar-refractivity contribution < 1.29 is 9.53 Å². The summed E-state index contributed by atoms with van der Waals surface area (Å²) < 4.78 is 5.73. The molecule has 0 aromatic carbocycles. The predicted octanol–water partition coefficient (Wildman–Crippen LogP) is 1.58. The van der Waals surface area contributed by atoms with Crippen molar-refractivity contribution in [2.24, 2.45) is 11.3 Å². The van der Waals surface area contributed by atoms with E-state index in [9.17, 15) is 4.79 Å². The molecule has 1 saturated heterocycles. The van der Waals surface area contributed by atoms with Crippen LogP contribution in [0.5, 0.6) is 0 Å². The number of nitrogens with one attached hydrogen (secondary N) is 1. The summed E-state index contributed by atoms with van der Waals surface area (Å²) in [7, 11) is 3.94. The van der Waals surface area contributed by atoms with Crippen LogP contribution in [0.2, 0.25) is 0 Å². The topological polar surface area (TPSA) is 44.8 Å². The Hall–Kier alpha value is -0.650. The fraction of sp³-hybridized carbons (Fsp3) is 0.944. The number of hydrogen-bond donors (Lipinski definition) is 1. The lowest BCUT2D eigenvalue weighted by atomic mass is 9.53. The smallest absolute Gasteiger partial charge is 0.237 e. The molecule has 1 N–H and O–H groups in total. The highest BCUT2D eigenvalue weighted by Gasteiger charge is 2.59. The number of hydrogen-bond acceptors (Lipinski definition) is 4. The number of amides is 1. The molecule has 4 atom stereocenters. The first kappa shape index (κ1) is 18.7. The molecule has 0 spiro atoms. The highest BCUT2D eigenvalue weighted by Crippen LogP contribution is 2.52. The number of methoxy groups -OCH3 is 1. The van der Waals surface area contributed by atoms with Gasteiger partial charge in [-0.05, 0) is 26.8 Å². The minimum atomic E-state index is -0.0519. The van der Waals surface area contributed by atoms with Crippen molar-refractivity contribution in [3.8, 4) is 0 Å². The normalized spacial score (nSPS) is 33.0. The van der Waals surface area contributed by atoms with Gasteiger partial charge in [-0.25, -0.2) is 0 Å². The van der Waals surface area contributed by atoms with Crippen molar-refractivity contribution in [2.75, 3.05) is 40.3 Å². The van der Waals surface area contributed by atoms with E-state index in [0.717, 1.165) is 39.0 Å². The number of likely N-dealkylation sites (N-methyl/N-ethyl adjacent to an activating group) is 1. The minimum absolute atomic E-state index is 0.0519. The number of carbonyl (C=O) groups excluding carboxylic acids is 1. The average Bonchev–Trinajstić information content (AvgIpc) is 2.56. The minimum Gasteiger partial charge on any atom is -0.380 e. The number of ether oxygens (including phenoxy) is 1. The van der Waals surface area contributed by atoms with E-state index in [1.807, 2.05) is 6.92 Å². The molecular weight excluding hydrogens is 290 g/mol.